The SMILES string of the molecule is CSCC[C@H](NC(=O)[C@H](Cc1c[nH]c2ccccc12)NC(=O)[C@@H](C)NC(=O)[C@H](CCSC)NC(=O)[C@H](Cc1ccc(OS(=O)(=O)O)cc1)NC(C)=O)C(=O)N[C@@H](CC(=O)O)C(=O)N[C@@H](Cc1ccccc1)C(N)=O. The van der Waals surface area contributed by atoms with Gasteiger partial charge in [-0.05, 0) is 78.7 Å². The number of hydrogen-bond acceptors (Lipinski definition) is 14. The molecule has 400 valence electrons. The monoisotopic (exact) mass is 1080 g/mol. The molecule has 8 amide bonds. The standard InChI is InChI=1S/C48H61N9O14S3/c1-27(51-44(63)35(18-20-72-3)53-46(65)38(52-28(2)58)23-30-14-16-32(17-15-30)71-74(68,69)70)43(62)56-39(24-31-26-50-34-13-9-8-12-33(31)34)47(66)54-36(19-21-73-4)45(64)57-40(25-41(59)60)48(67)55-37(42(49)61)22-29-10-6-5-7-11-29/h5-17,26-27,35-40,50H,18-25H2,1-4H3,(H2,49,61)(H,51,63)(H,52,58)(H,53,65)(H,54,66)(H,55,67)(H,56,62)(H,57,64)(H,59,60)(H,68,69,70)/t27-,35+,36+,37+,38+,39+,40+/m1/s1. The number of nitrogens with two attached hydrogens (primary N) is 1. The first kappa shape index (κ1) is 59.4. The van der Waals surface area contributed by atoms with Crippen molar-refractivity contribution >= 4 is 98.1 Å². The number of H-pyrrole nitrogens is 1. The number of hydrogen-bond donors (Lipinski definition) is 11. The molecule has 26 heteroatoms. The molecule has 0 fully saturated rings. The maximum absolute atomic E-state index is 14.4. The fourth-order valence-corrected chi connectivity index (χ4v) is 8.75. The van der Waals surface area contributed by atoms with Gasteiger partial charge in [-0.15, -0.1) is 0 Å². The van der Waals surface area contributed by atoms with Gasteiger partial charge >= 0.3 is 16.4 Å². The zero-order valence-electron chi connectivity index (χ0n) is 40.9. The highest BCUT2D eigenvalue weighted by atomic mass is 32.3. The Balaban J connectivity index is 1.54. The molecule has 0 radical (unpaired) electrons. The Hall–Kier alpha value is -7.16. The summed E-state index contributed by atoms with van der Waals surface area (Å²) < 4.78 is 35.6. The topological polar surface area (TPSA) is 363 Å². The van der Waals surface area contributed by atoms with E-state index >= 15 is 0 Å². The Morgan fingerprint density at radius 2 is 1.08 bits per heavy atom. The van der Waals surface area contributed by atoms with Gasteiger partial charge in [-0.2, -0.15) is 31.9 Å². The Labute approximate surface area is 435 Å². The van der Waals surface area contributed by atoms with Crippen LogP contribution in [0.5, 0.6) is 5.75 Å². The van der Waals surface area contributed by atoms with E-state index in [0.717, 1.165) is 10.9 Å². The van der Waals surface area contributed by atoms with E-state index in [-0.39, 0.29) is 37.9 Å². The third kappa shape index (κ3) is 19.7. The average Bonchev–Trinajstić information content (AvgIpc) is 3.75. The van der Waals surface area contributed by atoms with Gasteiger partial charge in [0.05, 0.1) is 6.42 Å². The Bertz CT molecular complexity index is 2730. The van der Waals surface area contributed by atoms with Crippen molar-refractivity contribution in [3.63, 3.8) is 0 Å². The van der Waals surface area contributed by atoms with Crippen molar-refractivity contribution in [2.45, 2.75) is 94.7 Å². The second-order valence-electron chi connectivity index (χ2n) is 17.0. The van der Waals surface area contributed by atoms with Crippen molar-refractivity contribution < 1.29 is 65.4 Å². The molecule has 4 aromatic rings. The summed E-state index contributed by atoms with van der Waals surface area (Å²) in [7, 11) is -4.80. The number of aromatic amines is 1. The molecule has 1 heterocycles. The summed E-state index contributed by atoms with van der Waals surface area (Å²) >= 11 is 2.70. The molecule has 74 heavy (non-hydrogen) atoms. The van der Waals surface area contributed by atoms with Gasteiger partial charge in [0.2, 0.25) is 47.3 Å². The normalized spacial score (nSPS) is 14.1. The van der Waals surface area contributed by atoms with E-state index in [2.05, 4.69) is 46.4 Å². The predicted octanol–water partition coefficient (Wildman–Crippen LogP) is 0.277. The number of carbonyl (C=O) groups is 9. The van der Waals surface area contributed by atoms with Gasteiger partial charge in [-0.3, -0.25) is 47.7 Å². The van der Waals surface area contributed by atoms with E-state index in [1.807, 2.05) is 0 Å². The number of carbonyl (C=O) groups excluding carboxylic acids is 8. The van der Waals surface area contributed by atoms with E-state index in [1.165, 1.54) is 61.6 Å². The smallest absolute Gasteiger partial charge is 0.446 e. The van der Waals surface area contributed by atoms with Crippen molar-refractivity contribution in [2.75, 3.05) is 24.0 Å². The fourth-order valence-electron chi connectivity index (χ4n) is 7.45. The minimum absolute atomic E-state index is 0.0114. The lowest BCUT2D eigenvalue weighted by atomic mass is 10.0. The maximum Gasteiger partial charge on any atom is 0.446 e. The summed E-state index contributed by atoms with van der Waals surface area (Å²) in [4.78, 5) is 123. The Kier molecular flexibility index (Phi) is 23.2. The number of aromatic nitrogens is 1. The van der Waals surface area contributed by atoms with Crippen LogP contribution in [0.1, 0.15) is 49.8 Å². The molecule has 0 aliphatic heterocycles. The number of benzene rings is 3. The Morgan fingerprint density at radius 1 is 0.608 bits per heavy atom. The highest BCUT2D eigenvalue weighted by Gasteiger charge is 2.34. The number of nitrogens with one attached hydrogen (secondary N) is 8. The van der Waals surface area contributed by atoms with Crippen molar-refractivity contribution in [3.8, 4) is 5.75 Å². The molecule has 23 nitrogen and oxygen atoms in total. The Morgan fingerprint density at radius 3 is 1.64 bits per heavy atom. The number of primary amides is 1. The highest BCUT2D eigenvalue weighted by Crippen LogP contribution is 2.20. The zero-order valence-corrected chi connectivity index (χ0v) is 43.3. The summed E-state index contributed by atoms with van der Waals surface area (Å²) in [5.74, 6) is -7.66. The number of para-hydroxylation sites is 1. The first-order valence-corrected chi connectivity index (χ1v) is 27.2. The molecule has 0 saturated heterocycles. The minimum atomic E-state index is -4.80. The predicted molar refractivity (Wildman–Crippen MR) is 277 cm³/mol. The summed E-state index contributed by atoms with van der Waals surface area (Å²) in [6.45, 7) is 2.53. The molecule has 4 rings (SSSR count). The molecule has 0 aliphatic carbocycles. The lowest BCUT2D eigenvalue weighted by Crippen LogP contribution is -2.60. The second kappa shape index (κ2) is 28.9. The molecule has 0 saturated carbocycles. The summed E-state index contributed by atoms with van der Waals surface area (Å²) in [6, 6.07) is 11.5. The van der Waals surface area contributed by atoms with Crippen LogP contribution in [0.25, 0.3) is 10.9 Å². The van der Waals surface area contributed by atoms with E-state index in [9.17, 15) is 56.7 Å². The van der Waals surface area contributed by atoms with Gasteiger partial charge in [0.25, 0.3) is 0 Å². The first-order valence-electron chi connectivity index (χ1n) is 23.0. The number of aliphatic carboxylic acids is 1. The summed E-state index contributed by atoms with van der Waals surface area (Å²) in [6.07, 6.45) is 4.08. The number of rotatable bonds is 30. The van der Waals surface area contributed by atoms with Gasteiger partial charge in [0.15, 0.2) is 0 Å². The van der Waals surface area contributed by atoms with Crippen molar-refractivity contribution in [2.24, 2.45) is 5.73 Å². The third-order valence-electron chi connectivity index (χ3n) is 11.2. The number of carboxylic acids is 1. The van der Waals surface area contributed by atoms with E-state index < -0.39 is 112 Å². The van der Waals surface area contributed by atoms with Crippen molar-refractivity contribution in [3.05, 3.63) is 102 Å². The van der Waals surface area contributed by atoms with Crippen molar-refractivity contribution in [1.82, 2.24) is 42.2 Å². The molecule has 0 spiro atoms. The van der Waals surface area contributed by atoms with Crippen molar-refractivity contribution in [1.29, 1.82) is 0 Å². The van der Waals surface area contributed by atoms with Crippen LogP contribution < -0.4 is 47.1 Å². The largest absolute Gasteiger partial charge is 0.481 e. The minimum Gasteiger partial charge on any atom is -0.481 e. The van der Waals surface area contributed by atoms with Crippen LogP contribution in [-0.4, -0.2) is 143 Å². The fraction of sp³-hybridized carbons (Fsp3) is 0.396. The van der Waals surface area contributed by atoms with E-state index in [0.29, 0.717) is 28.2 Å². The molecular weight excluding hydrogens is 1020 g/mol. The first-order chi connectivity index (χ1) is 35.1. The van der Waals surface area contributed by atoms with Gasteiger partial charge in [0.1, 0.15) is 48.0 Å². The van der Waals surface area contributed by atoms with Crippen LogP contribution in [0.15, 0.2) is 85.1 Å². The molecule has 1 aromatic heterocycles. The third-order valence-corrected chi connectivity index (χ3v) is 12.9. The zero-order chi connectivity index (χ0) is 54.5. The van der Waals surface area contributed by atoms with Gasteiger partial charge in [-0.1, -0.05) is 60.7 Å². The molecular formula is C48H61N9O14S3. The molecule has 0 bridgehead atoms. The molecule has 0 unspecified atom stereocenters. The van der Waals surface area contributed by atoms with E-state index in [4.69, 9.17) is 10.3 Å². The van der Waals surface area contributed by atoms with Gasteiger partial charge < -0.3 is 57.2 Å². The van der Waals surface area contributed by atoms with Gasteiger partial charge in [0, 0.05) is 43.3 Å². The molecule has 0 aliphatic rings. The number of amides is 8. The lowest BCUT2D eigenvalue weighted by Gasteiger charge is -2.27. The van der Waals surface area contributed by atoms with Crippen LogP contribution in [0.4, 0.5) is 0 Å². The maximum atomic E-state index is 14.4. The summed E-state index contributed by atoms with van der Waals surface area (Å²) in [5, 5.41) is 28.4. The van der Waals surface area contributed by atoms with Crippen LogP contribution in [0.2, 0.25) is 0 Å². The quantitative estimate of drug-likeness (QED) is 0.0312. The summed E-state index contributed by atoms with van der Waals surface area (Å²) in [5.41, 5.74) is 7.98. The van der Waals surface area contributed by atoms with Crippen LogP contribution >= 0.6 is 23.5 Å². The van der Waals surface area contributed by atoms with E-state index in [1.54, 1.807) is 73.3 Å². The molecule has 7 atom stereocenters. The number of carboxylic acid groups (broad SMARTS) is 1. The number of thioether (sulfide) groups is 2. The number of fused-ring (bicyclic) bond motifs is 1. The van der Waals surface area contributed by atoms with Crippen LogP contribution in [0.3, 0.4) is 0 Å². The highest BCUT2D eigenvalue weighted by molar-refractivity contribution is 7.98. The second-order valence-corrected chi connectivity index (χ2v) is 20.0. The lowest BCUT2D eigenvalue weighted by molar-refractivity contribution is -0.141. The van der Waals surface area contributed by atoms with Crippen LogP contribution in [0, 0.1) is 0 Å². The van der Waals surface area contributed by atoms with Crippen LogP contribution in [-0.2, 0) is 72.8 Å². The molecule has 12 N–H and O–H groups in total. The molecule has 3 aromatic carbocycles. The average molecular weight is 1080 g/mol. The van der Waals surface area contributed by atoms with Gasteiger partial charge in [-0.25, -0.2) is 0 Å².